The first-order chi connectivity index (χ1) is 9.19. The number of halogens is 1. The molecular formula is C14H16ClNO4. The molecule has 0 aromatic heterocycles. The number of carboxylic acids is 1. The summed E-state index contributed by atoms with van der Waals surface area (Å²) in [4.78, 5) is 24.8. The Morgan fingerprint density at radius 1 is 1.40 bits per heavy atom. The molecule has 1 aromatic rings. The van der Waals surface area contributed by atoms with Gasteiger partial charge in [0.1, 0.15) is 11.6 Å². The first-order valence-electron chi connectivity index (χ1n) is 6.22. The number of hydrogen-bond acceptors (Lipinski definition) is 3. The predicted octanol–water partition coefficient (Wildman–Crippen LogP) is 3.09. The van der Waals surface area contributed by atoms with Crippen LogP contribution < -0.4 is 4.90 Å². The Morgan fingerprint density at radius 3 is 2.60 bits per heavy atom. The standard InChI is InChI=1S/C14H16ClNO4/c1-14(2,3)20-13(19)16-10-5-4-9(15)6-8(10)7-11(16)12(17)18/h4-6,11H,7H2,1-3H3,(H,17,18)/t11-/m0/s1. The van der Waals surface area contributed by atoms with Gasteiger partial charge in [0, 0.05) is 11.4 Å². The van der Waals surface area contributed by atoms with Gasteiger partial charge in [0.05, 0.1) is 5.69 Å². The third-order valence-corrected chi connectivity index (χ3v) is 3.14. The Labute approximate surface area is 122 Å². The second-order valence-electron chi connectivity index (χ2n) is 5.68. The Balaban J connectivity index is 2.38. The van der Waals surface area contributed by atoms with Crippen molar-refractivity contribution >= 4 is 29.4 Å². The van der Waals surface area contributed by atoms with Crippen molar-refractivity contribution in [2.75, 3.05) is 4.90 Å². The quantitative estimate of drug-likeness (QED) is 0.865. The maximum absolute atomic E-state index is 12.2. The molecule has 5 nitrogen and oxygen atoms in total. The normalized spacial score (nSPS) is 17.8. The number of benzene rings is 1. The number of fused-ring (bicyclic) bond motifs is 1. The molecule has 1 atom stereocenters. The van der Waals surface area contributed by atoms with Gasteiger partial charge in [0.25, 0.3) is 0 Å². The van der Waals surface area contributed by atoms with Crippen molar-refractivity contribution in [3.8, 4) is 0 Å². The van der Waals surface area contributed by atoms with E-state index in [0.717, 1.165) is 5.56 Å². The Kier molecular flexibility index (Phi) is 3.65. The third-order valence-electron chi connectivity index (χ3n) is 2.90. The maximum Gasteiger partial charge on any atom is 0.415 e. The highest BCUT2D eigenvalue weighted by Gasteiger charge is 2.40. The third kappa shape index (κ3) is 2.88. The van der Waals surface area contributed by atoms with Crippen LogP contribution in [0, 0.1) is 0 Å². The van der Waals surface area contributed by atoms with Crippen molar-refractivity contribution < 1.29 is 19.4 Å². The number of carboxylic acid groups (broad SMARTS) is 1. The van der Waals surface area contributed by atoms with Gasteiger partial charge < -0.3 is 9.84 Å². The van der Waals surface area contributed by atoms with Crippen LogP contribution in [0.15, 0.2) is 18.2 Å². The number of nitrogens with zero attached hydrogens (tertiary/aromatic N) is 1. The van der Waals surface area contributed by atoms with E-state index in [-0.39, 0.29) is 6.42 Å². The highest BCUT2D eigenvalue weighted by molar-refractivity contribution is 6.30. The molecule has 1 aliphatic heterocycles. The molecule has 0 radical (unpaired) electrons. The summed E-state index contributed by atoms with van der Waals surface area (Å²) in [6, 6.07) is 3.99. The van der Waals surface area contributed by atoms with Crippen molar-refractivity contribution in [1.29, 1.82) is 0 Å². The largest absolute Gasteiger partial charge is 0.480 e. The van der Waals surface area contributed by atoms with E-state index < -0.39 is 23.7 Å². The lowest BCUT2D eigenvalue weighted by atomic mass is 10.1. The zero-order valence-electron chi connectivity index (χ0n) is 11.5. The molecule has 0 unspecified atom stereocenters. The highest BCUT2D eigenvalue weighted by Crippen LogP contribution is 2.35. The fourth-order valence-corrected chi connectivity index (χ4v) is 2.35. The Hall–Kier alpha value is -1.75. The zero-order chi connectivity index (χ0) is 15.1. The van der Waals surface area contributed by atoms with Crippen molar-refractivity contribution in [2.24, 2.45) is 0 Å². The first kappa shape index (κ1) is 14.7. The molecule has 20 heavy (non-hydrogen) atoms. The van der Waals surface area contributed by atoms with Gasteiger partial charge in [0.15, 0.2) is 0 Å². The summed E-state index contributed by atoms with van der Waals surface area (Å²) in [6.45, 7) is 5.21. The zero-order valence-corrected chi connectivity index (χ0v) is 12.3. The van der Waals surface area contributed by atoms with Crippen LogP contribution in [-0.2, 0) is 16.0 Å². The lowest BCUT2D eigenvalue weighted by Gasteiger charge is -2.27. The summed E-state index contributed by atoms with van der Waals surface area (Å²) >= 11 is 5.90. The number of carbonyl (C=O) groups excluding carboxylic acids is 1. The van der Waals surface area contributed by atoms with Gasteiger partial charge in [-0.15, -0.1) is 0 Å². The number of carbonyl (C=O) groups is 2. The van der Waals surface area contributed by atoms with Gasteiger partial charge in [-0.05, 0) is 44.5 Å². The average molecular weight is 298 g/mol. The molecule has 0 saturated heterocycles. The molecule has 0 saturated carbocycles. The molecule has 1 N–H and O–H groups in total. The number of aliphatic carboxylic acids is 1. The van der Waals surface area contributed by atoms with Crippen LogP contribution >= 0.6 is 11.6 Å². The smallest absolute Gasteiger partial charge is 0.415 e. The van der Waals surface area contributed by atoms with Crippen molar-refractivity contribution in [2.45, 2.75) is 38.8 Å². The van der Waals surface area contributed by atoms with Gasteiger partial charge in [-0.1, -0.05) is 11.6 Å². The lowest BCUT2D eigenvalue weighted by molar-refractivity contribution is -0.138. The van der Waals surface area contributed by atoms with E-state index in [9.17, 15) is 14.7 Å². The summed E-state index contributed by atoms with van der Waals surface area (Å²) in [5.74, 6) is -1.07. The van der Waals surface area contributed by atoms with Gasteiger partial charge in [-0.3, -0.25) is 4.90 Å². The van der Waals surface area contributed by atoms with Crippen molar-refractivity contribution in [1.82, 2.24) is 0 Å². The summed E-state index contributed by atoms with van der Waals surface area (Å²) < 4.78 is 5.28. The van der Waals surface area contributed by atoms with Crippen LogP contribution in [0.4, 0.5) is 10.5 Å². The molecular weight excluding hydrogens is 282 g/mol. The minimum atomic E-state index is -1.07. The van der Waals surface area contributed by atoms with Crippen molar-refractivity contribution in [3.63, 3.8) is 0 Å². The summed E-state index contributed by atoms with van der Waals surface area (Å²) in [5, 5.41) is 9.80. The molecule has 6 heteroatoms. The van der Waals surface area contributed by atoms with E-state index in [0.29, 0.717) is 10.7 Å². The second-order valence-corrected chi connectivity index (χ2v) is 6.12. The topological polar surface area (TPSA) is 66.8 Å². The monoisotopic (exact) mass is 297 g/mol. The molecule has 2 rings (SSSR count). The molecule has 0 spiro atoms. The van der Waals surface area contributed by atoms with Gasteiger partial charge in [-0.2, -0.15) is 0 Å². The lowest BCUT2D eigenvalue weighted by Crippen LogP contribution is -2.45. The fourth-order valence-electron chi connectivity index (χ4n) is 2.15. The van der Waals surface area contributed by atoms with Gasteiger partial charge in [0.2, 0.25) is 0 Å². The molecule has 1 aliphatic rings. The number of hydrogen-bond donors (Lipinski definition) is 1. The van der Waals surface area contributed by atoms with Crippen LogP contribution in [0.25, 0.3) is 0 Å². The predicted molar refractivity (Wildman–Crippen MR) is 75.3 cm³/mol. The van der Waals surface area contributed by atoms with Gasteiger partial charge >= 0.3 is 12.1 Å². The van der Waals surface area contributed by atoms with Gasteiger partial charge in [-0.25, -0.2) is 9.59 Å². The SMILES string of the molecule is CC(C)(C)OC(=O)N1c2ccc(Cl)cc2C[C@H]1C(=O)O. The van der Waals surface area contributed by atoms with Crippen LogP contribution in [0.5, 0.6) is 0 Å². The molecule has 1 heterocycles. The van der Waals surface area contributed by atoms with Crippen LogP contribution in [0.2, 0.25) is 5.02 Å². The summed E-state index contributed by atoms with van der Waals surface area (Å²) in [7, 11) is 0. The summed E-state index contributed by atoms with van der Waals surface area (Å²) in [5.41, 5.74) is 0.585. The molecule has 1 amide bonds. The van der Waals surface area contributed by atoms with E-state index in [1.54, 1.807) is 39.0 Å². The van der Waals surface area contributed by atoms with Crippen molar-refractivity contribution in [3.05, 3.63) is 28.8 Å². The van der Waals surface area contributed by atoms with E-state index in [1.807, 2.05) is 0 Å². The molecule has 108 valence electrons. The second kappa shape index (κ2) is 4.98. The number of ether oxygens (including phenoxy) is 1. The van der Waals surface area contributed by atoms with Crippen LogP contribution in [0.3, 0.4) is 0 Å². The van der Waals surface area contributed by atoms with Crippen LogP contribution in [-0.4, -0.2) is 28.8 Å². The minimum absolute atomic E-state index is 0.227. The highest BCUT2D eigenvalue weighted by atomic mass is 35.5. The molecule has 0 bridgehead atoms. The fraction of sp³-hybridized carbons (Fsp3) is 0.429. The summed E-state index contributed by atoms with van der Waals surface area (Å²) in [6.07, 6.45) is -0.434. The number of rotatable bonds is 1. The first-order valence-corrected chi connectivity index (χ1v) is 6.60. The average Bonchev–Trinajstić information content (AvgIpc) is 2.64. The molecule has 1 aromatic carbocycles. The number of anilines is 1. The minimum Gasteiger partial charge on any atom is -0.480 e. The van der Waals surface area contributed by atoms with E-state index in [1.165, 1.54) is 4.90 Å². The Morgan fingerprint density at radius 2 is 2.05 bits per heavy atom. The van der Waals surface area contributed by atoms with E-state index in [4.69, 9.17) is 16.3 Å². The van der Waals surface area contributed by atoms with Crippen LogP contribution in [0.1, 0.15) is 26.3 Å². The molecule has 0 fully saturated rings. The Bertz CT molecular complexity index is 565. The molecule has 0 aliphatic carbocycles. The van der Waals surface area contributed by atoms with E-state index in [2.05, 4.69) is 0 Å². The maximum atomic E-state index is 12.2. The van der Waals surface area contributed by atoms with E-state index >= 15 is 0 Å². The number of amides is 1.